The number of alkyl halides is 2. The molecule has 1 saturated heterocycles. The summed E-state index contributed by atoms with van der Waals surface area (Å²) in [5, 5.41) is 9.70. The van der Waals surface area contributed by atoms with Crippen molar-refractivity contribution in [2.45, 2.75) is 23.8 Å². The molecule has 0 aliphatic carbocycles. The first-order valence-corrected chi connectivity index (χ1v) is 12.9. The molecule has 0 saturated carbocycles. The van der Waals surface area contributed by atoms with Gasteiger partial charge in [-0.2, -0.15) is 0 Å². The average Bonchev–Trinajstić information content (AvgIpc) is 2.86. The Morgan fingerprint density at radius 3 is 2.50 bits per heavy atom. The van der Waals surface area contributed by atoms with Crippen LogP contribution in [-0.4, -0.2) is 45.4 Å². The molecule has 1 atom stereocenters. The molecule has 2 heterocycles. The number of aliphatic carboxylic acids is 1. The van der Waals surface area contributed by atoms with Crippen LogP contribution in [0.15, 0.2) is 65.6 Å². The highest BCUT2D eigenvalue weighted by molar-refractivity contribution is 7.92. The minimum absolute atomic E-state index is 0.0286. The molecular weight excluding hydrogens is 530 g/mol. The summed E-state index contributed by atoms with van der Waals surface area (Å²) in [6, 6.07) is 11.3. The standard InChI is InChI=1S/C26H21F4NO6S/c27-17-5-6-21(28)20(10-17)15-4-7-23-22(9-15)31(12-18(37-23)11-26(25(32)33)13-36-14-26)38(34,35)19-3-1-2-16(8-19)24(29)30/h1-10,18,24H,11-14H2,(H,32,33). The molecule has 0 aromatic heterocycles. The van der Waals surface area contributed by atoms with Gasteiger partial charge in [0, 0.05) is 17.5 Å². The van der Waals surface area contributed by atoms with E-state index in [0.29, 0.717) is 0 Å². The lowest BCUT2D eigenvalue weighted by Crippen LogP contribution is -2.54. The highest BCUT2D eigenvalue weighted by atomic mass is 32.2. The molecule has 0 bridgehead atoms. The van der Waals surface area contributed by atoms with Gasteiger partial charge in [-0.25, -0.2) is 26.0 Å². The molecule has 5 rings (SSSR count). The molecule has 38 heavy (non-hydrogen) atoms. The van der Waals surface area contributed by atoms with Crippen molar-refractivity contribution in [1.29, 1.82) is 0 Å². The Balaban J connectivity index is 1.61. The SMILES string of the molecule is O=C(O)C1(CC2CN(S(=O)(=O)c3cccc(C(F)F)c3)c3cc(-c4cc(F)ccc4F)ccc3O2)COC1. The van der Waals surface area contributed by atoms with Crippen LogP contribution in [0.5, 0.6) is 5.75 Å². The zero-order chi connectivity index (χ0) is 27.2. The fourth-order valence-corrected chi connectivity index (χ4v) is 6.14. The molecule has 2 aliphatic heterocycles. The van der Waals surface area contributed by atoms with Crippen molar-refractivity contribution in [2.75, 3.05) is 24.1 Å². The Hall–Kier alpha value is -3.64. The smallest absolute Gasteiger partial charge is 0.314 e. The molecular formula is C26H21F4NO6S. The van der Waals surface area contributed by atoms with Crippen LogP contribution in [0.1, 0.15) is 18.4 Å². The van der Waals surface area contributed by atoms with Gasteiger partial charge in [-0.1, -0.05) is 18.2 Å². The third-order valence-corrected chi connectivity index (χ3v) is 8.43. The maximum atomic E-state index is 14.5. The average molecular weight is 552 g/mol. The topological polar surface area (TPSA) is 93.1 Å². The van der Waals surface area contributed by atoms with E-state index in [1.165, 1.54) is 30.3 Å². The number of carboxylic acid groups (broad SMARTS) is 1. The molecule has 1 N–H and O–H groups in total. The summed E-state index contributed by atoms with van der Waals surface area (Å²) < 4.78 is 94.6. The summed E-state index contributed by atoms with van der Waals surface area (Å²) >= 11 is 0. The van der Waals surface area contributed by atoms with Crippen molar-refractivity contribution in [3.8, 4) is 16.9 Å². The van der Waals surface area contributed by atoms with E-state index in [9.17, 15) is 35.9 Å². The Morgan fingerprint density at radius 1 is 1.08 bits per heavy atom. The van der Waals surface area contributed by atoms with E-state index in [-0.39, 0.29) is 48.7 Å². The van der Waals surface area contributed by atoms with E-state index < -0.39 is 56.0 Å². The lowest BCUT2D eigenvalue weighted by atomic mass is 9.80. The third-order valence-electron chi connectivity index (χ3n) is 6.66. The van der Waals surface area contributed by atoms with E-state index in [1.807, 2.05) is 0 Å². The van der Waals surface area contributed by atoms with Crippen LogP contribution in [-0.2, 0) is 19.6 Å². The second kappa shape index (κ2) is 9.59. The van der Waals surface area contributed by atoms with Gasteiger partial charge < -0.3 is 14.6 Å². The maximum absolute atomic E-state index is 14.5. The quantitative estimate of drug-likeness (QED) is 0.415. The van der Waals surface area contributed by atoms with Gasteiger partial charge in [-0.05, 0) is 48.0 Å². The van der Waals surface area contributed by atoms with Crippen LogP contribution in [0.4, 0.5) is 23.2 Å². The number of carboxylic acids is 1. The molecule has 0 amide bonds. The van der Waals surface area contributed by atoms with Gasteiger partial charge in [0.15, 0.2) is 0 Å². The van der Waals surface area contributed by atoms with Crippen molar-refractivity contribution in [1.82, 2.24) is 0 Å². The Morgan fingerprint density at radius 2 is 1.84 bits per heavy atom. The maximum Gasteiger partial charge on any atom is 0.314 e. The Kier molecular flexibility index (Phi) is 6.56. The van der Waals surface area contributed by atoms with E-state index in [1.54, 1.807) is 0 Å². The number of fused-ring (bicyclic) bond motifs is 1. The van der Waals surface area contributed by atoms with Crippen LogP contribution in [0, 0.1) is 17.0 Å². The summed E-state index contributed by atoms with van der Waals surface area (Å²) in [7, 11) is -4.47. The molecule has 2 aliphatic rings. The van der Waals surface area contributed by atoms with E-state index in [4.69, 9.17) is 9.47 Å². The largest absolute Gasteiger partial charge is 0.486 e. The first kappa shape index (κ1) is 26.0. The van der Waals surface area contributed by atoms with E-state index in [0.717, 1.165) is 34.6 Å². The number of anilines is 1. The monoisotopic (exact) mass is 551 g/mol. The second-order valence-electron chi connectivity index (χ2n) is 9.24. The number of hydrogen-bond donors (Lipinski definition) is 1. The fourth-order valence-electron chi connectivity index (χ4n) is 4.58. The van der Waals surface area contributed by atoms with Gasteiger partial charge in [0.05, 0.1) is 30.3 Å². The molecule has 3 aromatic carbocycles. The minimum Gasteiger partial charge on any atom is -0.486 e. The summed E-state index contributed by atoms with van der Waals surface area (Å²) in [5.41, 5.74) is -1.76. The second-order valence-corrected chi connectivity index (χ2v) is 11.1. The van der Waals surface area contributed by atoms with E-state index in [2.05, 4.69) is 0 Å². The first-order valence-electron chi connectivity index (χ1n) is 11.5. The van der Waals surface area contributed by atoms with Crippen LogP contribution in [0.3, 0.4) is 0 Å². The fraction of sp³-hybridized carbons (Fsp3) is 0.269. The zero-order valence-electron chi connectivity index (χ0n) is 19.6. The predicted molar refractivity (Wildman–Crippen MR) is 128 cm³/mol. The van der Waals surface area contributed by atoms with Crippen molar-refractivity contribution < 1.29 is 45.4 Å². The molecule has 7 nitrogen and oxygen atoms in total. The number of benzene rings is 3. The number of halogens is 4. The molecule has 200 valence electrons. The van der Waals surface area contributed by atoms with Crippen LogP contribution >= 0.6 is 0 Å². The third kappa shape index (κ3) is 4.58. The van der Waals surface area contributed by atoms with Gasteiger partial charge in [0.2, 0.25) is 0 Å². The number of ether oxygens (including phenoxy) is 2. The number of sulfonamides is 1. The molecule has 1 unspecified atom stereocenters. The minimum atomic E-state index is -4.47. The van der Waals surface area contributed by atoms with Crippen molar-refractivity contribution in [3.05, 3.63) is 77.9 Å². The van der Waals surface area contributed by atoms with Crippen LogP contribution < -0.4 is 9.04 Å². The van der Waals surface area contributed by atoms with E-state index >= 15 is 0 Å². The first-order chi connectivity index (χ1) is 18.0. The van der Waals surface area contributed by atoms with Gasteiger partial charge in [0.25, 0.3) is 16.4 Å². The lowest BCUT2D eigenvalue weighted by molar-refractivity contribution is -0.184. The highest BCUT2D eigenvalue weighted by Gasteiger charge is 2.50. The van der Waals surface area contributed by atoms with Crippen molar-refractivity contribution >= 4 is 21.7 Å². The number of nitrogens with zero attached hydrogens (tertiary/aromatic N) is 1. The molecule has 1 fully saturated rings. The van der Waals surface area contributed by atoms with Gasteiger partial charge in [-0.15, -0.1) is 0 Å². The van der Waals surface area contributed by atoms with Crippen LogP contribution in [0.2, 0.25) is 0 Å². The van der Waals surface area contributed by atoms with Gasteiger partial charge in [-0.3, -0.25) is 9.10 Å². The number of hydrogen-bond acceptors (Lipinski definition) is 5. The molecule has 3 aromatic rings. The predicted octanol–water partition coefficient (Wildman–Crippen LogP) is 5.02. The lowest BCUT2D eigenvalue weighted by Gasteiger charge is -2.42. The van der Waals surface area contributed by atoms with Crippen LogP contribution in [0.25, 0.3) is 11.1 Å². The summed E-state index contributed by atoms with van der Waals surface area (Å²) in [4.78, 5) is 11.5. The molecule has 12 heteroatoms. The molecule has 0 radical (unpaired) electrons. The van der Waals surface area contributed by atoms with Gasteiger partial charge >= 0.3 is 5.97 Å². The Bertz CT molecular complexity index is 1510. The van der Waals surface area contributed by atoms with Gasteiger partial charge in [0.1, 0.15) is 28.9 Å². The zero-order valence-corrected chi connectivity index (χ0v) is 20.4. The summed E-state index contributed by atoms with van der Waals surface area (Å²) in [6.45, 7) is -0.496. The number of rotatable bonds is 7. The van der Waals surface area contributed by atoms with Crippen molar-refractivity contribution in [2.24, 2.45) is 5.41 Å². The highest BCUT2D eigenvalue weighted by Crippen LogP contribution is 2.43. The molecule has 0 spiro atoms. The number of carbonyl (C=O) groups is 1. The summed E-state index contributed by atoms with van der Waals surface area (Å²) in [6.07, 6.45) is -3.91. The summed E-state index contributed by atoms with van der Waals surface area (Å²) in [5.74, 6) is -2.51. The Labute approximate surface area is 215 Å². The van der Waals surface area contributed by atoms with Crippen molar-refractivity contribution in [3.63, 3.8) is 0 Å². The normalized spacial score (nSPS) is 18.4.